The van der Waals surface area contributed by atoms with E-state index < -0.39 is 5.97 Å². The van der Waals surface area contributed by atoms with Gasteiger partial charge in [-0.3, -0.25) is 9.58 Å². The van der Waals surface area contributed by atoms with Crippen molar-refractivity contribution in [2.24, 2.45) is 0 Å². The summed E-state index contributed by atoms with van der Waals surface area (Å²) in [5, 5.41) is 16.1. The monoisotopic (exact) mass is 254 g/mol. The number of ether oxygens (including phenoxy) is 1. The number of hydrogen-bond donors (Lipinski definition) is 1. The highest BCUT2D eigenvalue weighted by molar-refractivity contribution is 5.84. The molecule has 1 aliphatic carbocycles. The minimum Gasteiger partial charge on any atom is -0.476 e. The van der Waals surface area contributed by atoms with Crippen LogP contribution in [0.2, 0.25) is 0 Å². The number of carbonyl (C=O) groups is 1. The van der Waals surface area contributed by atoms with Crippen molar-refractivity contribution in [1.29, 1.82) is 0 Å². The second-order valence-electron chi connectivity index (χ2n) is 4.43. The van der Waals surface area contributed by atoms with Crippen LogP contribution in [0, 0.1) is 0 Å². The molecule has 0 aliphatic heterocycles. The van der Waals surface area contributed by atoms with E-state index in [4.69, 9.17) is 9.84 Å². The van der Waals surface area contributed by atoms with Crippen LogP contribution in [0.4, 0.5) is 0 Å². The van der Waals surface area contributed by atoms with Crippen LogP contribution in [-0.4, -0.2) is 63.8 Å². The van der Waals surface area contributed by atoms with Gasteiger partial charge < -0.3 is 9.84 Å². The van der Waals surface area contributed by atoms with E-state index in [1.807, 2.05) is 0 Å². The van der Waals surface area contributed by atoms with E-state index in [0.29, 0.717) is 19.2 Å². The summed E-state index contributed by atoms with van der Waals surface area (Å²) in [6.07, 6.45) is 3.94. The van der Waals surface area contributed by atoms with Gasteiger partial charge in [0, 0.05) is 26.2 Å². The third-order valence-corrected chi connectivity index (χ3v) is 3.02. The Bertz CT molecular complexity index is 403. The van der Waals surface area contributed by atoms with E-state index in [1.165, 1.54) is 19.0 Å². The molecule has 2 rings (SSSR count). The van der Waals surface area contributed by atoms with Crippen LogP contribution in [0.3, 0.4) is 0 Å². The molecule has 0 bridgehead atoms. The van der Waals surface area contributed by atoms with Gasteiger partial charge in [0.25, 0.3) is 0 Å². The molecule has 0 atom stereocenters. The van der Waals surface area contributed by atoms with Gasteiger partial charge in [-0.1, -0.05) is 5.21 Å². The molecule has 100 valence electrons. The highest BCUT2D eigenvalue weighted by atomic mass is 16.5. The zero-order chi connectivity index (χ0) is 13.0. The van der Waals surface area contributed by atoms with Crippen LogP contribution < -0.4 is 0 Å². The molecule has 1 heterocycles. The zero-order valence-electron chi connectivity index (χ0n) is 10.4. The number of carboxylic acids is 1. The Balaban J connectivity index is 1.82. The third-order valence-electron chi connectivity index (χ3n) is 3.02. The average Bonchev–Trinajstić information content (AvgIpc) is 3.07. The number of nitrogens with zero attached hydrogens (tertiary/aromatic N) is 4. The van der Waals surface area contributed by atoms with Gasteiger partial charge >= 0.3 is 5.97 Å². The van der Waals surface area contributed by atoms with E-state index in [2.05, 4.69) is 15.2 Å². The van der Waals surface area contributed by atoms with Gasteiger partial charge in [-0.15, -0.1) is 5.10 Å². The summed E-state index contributed by atoms with van der Waals surface area (Å²) >= 11 is 0. The number of carboxylic acid groups (broad SMARTS) is 1. The Morgan fingerprint density at radius 1 is 1.61 bits per heavy atom. The molecule has 1 aromatic rings. The lowest BCUT2D eigenvalue weighted by atomic mass is 10.4. The molecule has 1 fully saturated rings. The van der Waals surface area contributed by atoms with Gasteiger partial charge in [-0.05, 0) is 12.8 Å². The molecule has 0 radical (unpaired) electrons. The number of hydrogen-bond acceptors (Lipinski definition) is 5. The fraction of sp³-hybridized carbons (Fsp3) is 0.727. The van der Waals surface area contributed by atoms with Crippen LogP contribution in [0.25, 0.3) is 0 Å². The Morgan fingerprint density at radius 3 is 2.94 bits per heavy atom. The summed E-state index contributed by atoms with van der Waals surface area (Å²) in [6.45, 7) is 3.12. The van der Waals surface area contributed by atoms with Crippen molar-refractivity contribution in [2.75, 3.05) is 26.8 Å². The molecule has 7 nitrogen and oxygen atoms in total. The van der Waals surface area contributed by atoms with Crippen LogP contribution in [0.1, 0.15) is 23.3 Å². The maximum absolute atomic E-state index is 10.7. The second-order valence-corrected chi connectivity index (χ2v) is 4.43. The normalized spacial score (nSPS) is 15.2. The molecule has 1 aromatic heterocycles. The molecule has 18 heavy (non-hydrogen) atoms. The van der Waals surface area contributed by atoms with Crippen molar-refractivity contribution < 1.29 is 14.6 Å². The second kappa shape index (κ2) is 5.92. The van der Waals surface area contributed by atoms with Crippen molar-refractivity contribution in [1.82, 2.24) is 19.9 Å². The van der Waals surface area contributed by atoms with Crippen molar-refractivity contribution in [3.05, 3.63) is 11.9 Å². The van der Waals surface area contributed by atoms with Gasteiger partial charge in [0.15, 0.2) is 5.69 Å². The van der Waals surface area contributed by atoms with Crippen molar-refractivity contribution in [3.8, 4) is 0 Å². The molecular formula is C11H18N4O3. The van der Waals surface area contributed by atoms with Crippen LogP contribution in [0.5, 0.6) is 0 Å². The van der Waals surface area contributed by atoms with Gasteiger partial charge in [0.05, 0.1) is 19.3 Å². The first-order valence-electron chi connectivity index (χ1n) is 6.07. The molecule has 1 N–H and O–H groups in total. The highest BCUT2D eigenvalue weighted by Gasteiger charge is 2.28. The minimum atomic E-state index is -1.04. The SMILES string of the molecule is COCCN(CCn1cc(C(=O)O)nn1)C1CC1. The number of aromatic nitrogens is 3. The Hall–Kier alpha value is -1.47. The predicted octanol–water partition coefficient (Wildman–Crippen LogP) is 0.0871. The largest absolute Gasteiger partial charge is 0.476 e. The molecular weight excluding hydrogens is 236 g/mol. The summed E-state index contributed by atoms with van der Waals surface area (Å²) in [7, 11) is 1.70. The first-order valence-corrected chi connectivity index (χ1v) is 6.07. The predicted molar refractivity (Wildman–Crippen MR) is 63.5 cm³/mol. The molecule has 1 aliphatic rings. The van der Waals surface area contributed by atoms with Crippen molar-refractivity contribution in [2.45, 2.75) is 25.4 Å². The van der Waals surface area contributed by atoms with E-state index in [-0.39, 0.29) is 5.69 Å². The number of aromatic carboxylic acids is 1. The number of rotatable bonds is 8. The fourth-order valence-electron chi connectivity index (χ4n) is 1.86. The molecule has 7 heteroatoms. The first kappa shape index (κ1) is 13.0. The quantitative estimate of drug-likeness (QED) is 0.708. The van der Waals surface area contributed by atoms with Gasteiger partial charge in [-0.25, -0.2) is 4.79 Å². The lowest BCUT2D eigenvalue weighted by molar-refractivity contribution is 0.0690. The van der Waals surface area contributed by atoms with Gasteiger partial charge in [0.2, 0.25) is 0 Å². The Morgan fingerprint density at radius 2 is 2.39 bits per heavy atom. The Kier molecular flexibility index (Phi) is 4.27. The van der Waals surface area contributed by atoms with E-state index >= 15 is 0 Å². The number of methoxy groups -OCH3 is 1. The summed E-state index contributed by atoms with van der Waals surface area (Å²) < 4.78 is 6.66. The highest BCUT2D eigenvalue weighted by Crippen LogP contribution is 2.26. The van der Waals surface area contributed by atoms with Gasteiger partial charge in [0.1, 0.15) is 0 Å². The molecule has 0 unspecified atom stereocenters. The fourth-order valence-corrected chi connectivity index (χ4v) is 1.86. The maximum Gasteiger partial charge on any atom is 0.358 e. The van der Waals surface area contributed by atoms with Crippen molar-refractivity contribution in [3.63, 3.8) is 0 Å². The molecule has 0 amide bonds. The van der Waals surface area contributed by atoms with E-state index in [1.54, 1.807) is 11.8 Å². The molecule has 0 aromatic carbocycles. The zero-order valence-corrected chi connectivity index (χ0v) is 10.4. The van der Waals surface area contributed by atoms with E-state index in [9.17, 15) is 4.79 Å². The molecule has 0 saturated heterocycles. The lowest BCUT2D eigenvalue weighted by Crippen LogP contribution is -2.32. The minimum absolute atomic E-state index is 0.00939. The third kappa shape index (κ3) is 3.51. The topological polar surface area (TPSA) is 80.5 Å². The smallest absolute Gasteiger partial charge is 0.358 e. The summed E-state index contributed by atoms with van der Waals surface area (Å²) in [5.41, 5.74) is -0.00939. The van der Waals surface area contributed by atoms with Crippen LogP contribution >= 0.6 is 0 Å². The average molecular weight is 254 g/mol. The lowest BCUT2D eigenvalue weighted by Gasteiger charge is -2.21. The van der Waals surface area contributed by atoms with Crippen molar-refractivity contribution >= 4 is 5.97 Å². The summed E-state index contributed by atoms with van der Waals surface area (Å²) in [5.74, 6) is -1.04. The first-order chi connectivity index (χ1) is 8.70. The Labute approximate surface area is 105 Å². The molecule has 1 saturated carbocycles. The molecule has 0 spiro atoms. The van der Waals surface area contributed by atoms with Crippen LogP contribution in [-0.2, 0) is 11.3 Å². The van der Waals surface area contributed by atoms with Crippen LogP contribution in [0.15, 0.2) is 6.20 Å². The standard InChI is InChI=1S/C11H18N4O3/c1-18-7-6-14(9-2-3-9)4-5-15-8-10(11(16)17)12-13-15/h8-9H,2-7H2,1H3,(H,16,17). The maximum atomic E-state index is 10.7. The summed E-state index contributed by atoms with van der Waals surface area (Å²) in [4.78, 5) is 13.0. The van der Waals surface area contributed by atoms with E-state index in [0.717, 1.165) is 13.1 Å². The summed E-state index contributed by atoms with van der Waals surface area (Å²) in [6, 6.07) is 0.655. The van der Waals surface area contributed by atoms with Gasteiger partial charge in [-0.2, -0.15) is 0 Å².